The Hall–Kier alpha value is -8.28. The quantitative estimate of drug-likeness (QED) is 0.0349. The zero-order chi connectivity index (χ0) is 66.3. The van der Waals surface area contributed by atoms with E-state index in [1.54, 1.807) is 97.7 Å². The van der Waals surface area contributed by atoms with E-state index in [0.717, 1.165) is 34.0 Å². The summed E-state index contributed by atoms with van der Waals surface area (Å²) in [6.07, 6.45) is -0.377. The minimum absolute atomic E-state index is 0.00335. The van der Waals surface area contributed by atoms with Crippen LogP contribution >= 0.6 is 89.6 Å². The Balaban J connectivity index is 1.02. The first-order chi connectivity index (χ1) is 44.5. The van der Waals surface area contributed by atoms with Crippen molar-refractivity contribution in [1.29, 1.82) is 0 Å². The van der Waals surface area contributed by atoms with E-state index in [2.05, 4.69) is 41.9 Å². The Labute approximate surface area is 563 Å². The lowest BCUT2D eigenvalue weighted by Crippen LogP contribution is -2.40. The molecule has 0 radical (unpaired) electrons. The van der Waals surface area contributed by atoms with Crippen molar-refractivity contribution in [3.8, 4) is 43.4 Å². The van der Waals surface area contributed by atoms with Crippen LogP contribution in [0.1, 0.15) is 154 Å². The number of fused-ring (bicyclic) bond motifs is 14. The van der Waals surface area contributed by atoms with Gasteiger partial charge in [0.15, 0.2) is 0 Å². The van der Waals surface area contributed by atoms with Crippen LogP contribution in [0.4, 0.5) is 0 Å². The molecule has 8 N–H and O–H groups in total. The number of aryl methyl sites for hydroxylation is 1. The van der Waals surface area contributed by atoms with E-state index in [-0.39, 0.29) is 64.4 Å². The first kappa shape index (κ1) is 67.6. The maximum atomic E-state index is 14.5. The molecular formula is C60H58N14O11S8. The Bertz CT molecular complexity index is 4270. The number of ether oxygens (including phenoxy) is 1. The largest absolute Gasteiger partial charge is 0.478 e. The summed E-state index contributed by atoms with van der Waals surface area (Å²) >= 11 is 7.01. The molecule has 10 rings (SSSR count). The topological polar surface area (TPSA) is 362 Å². The number of hydrogen-bond donors (Lipinski definition) is 8. The van der Waals surface area contributed by atoms with Gasteiger partial charge in [-0.1, -0.05) is 55.0 Å². The van der Waals surface area contributed by atoms with Gasteiger partial charge in [-0.3, -0.25) is 33.6 Å². The summed E-state index contributed by atoms with van der Waals surface area (Å²) in [6, 6.07) is 12.2. The van der Waals surface area contributed by atoms with Crippen LogP contribution in [-0.2, 0) is 24.9 Å². The molecule has 9 heterocycles. The highest BCUT2D eigenvalue weighted by atomic mass is 33.1. The van der Waals surface area contributed by atoms with Crippen molar-refractivity contribution in [3.05, 3.63) is 141 Å². The lowest BCUT2D eigenvalue weighted by atomic mass is 10.0. The number of rotatable bonds is 15. The van der Waals surface area contributed by atoms with Crippen molar-refractivity contribution < 1.29 is 53.3 Å². The number of carboxylic acids is 1. The van der Waals surface area contributed by atoms with E-state index in [1.807, 2.05) is 13.8 Å². The van der Waals surface area contributed by atoms with Crippen LogP contribution in [-0.4, -0.2) is 123 Å². The Morgan fingerprint density at radius 2 is 1.44 bits per heavy atom. The Morgan fingerprint density at radius 3 is 2.17 bits per heavy atom. The molecule has 33 heteroatoms. The number of benzene rings is 1. The molecular weight excluding hydrogens is 1350 g/mol. The number of thiazole rings is 6. The third-order valence-electron chi connectivity index (χ3n) is 13.6. The van der Waals surface area contributed by atoms with E-state index in [9.17, 15) is 48.6 Å². The predicted molar refractivity (Wildman–Crippen MR) is 357 cm³/mol. The van der Waals surface area contributed by atoms with Gasteiger partial charge >= 0.3 is 11.9 Å². The van der Waals surface area contributed by atoms with E-state index in [0.29, 0.717) is 73.7 Å². The van der Waals surface area contributed by atoms with Crippen molar-refractivity contribution in [3.63, 3.8) is 0 Å². The molecule has 0 fully saturated rings. The summed E-state index contributed by atoms with van der Waals surface area (Å²) in [4.78, 5) is 147. The second kappa shape index (κ2) is 29.8. The highest BCUT2D eigenvalue weighted by molar-refractivity contribution is 8.76. The predicted octanol–water partition coefficient (Wildman–Crippen LogP) is 9.66. The number of pyridine rings is 2. The van der Waals surface area contributed by atoms with E-state index >= 15 is 0 Å². The number of carbonyl (C=O) groups is 8. The molecule has 4 atom stereocenters. The zero-order valence-corrected chi connectivity index (χ0v) is 56.9. The molecule has 1 aliphatic rings. The summed E-state index contributed by atoms with van der Waals surface area (Å²) in [5.74, 6) is -5.27. The fourth-order valence-electron chi connectivity index (χ4n) is 9.02. The molecule has 9 aromatic rings. The number of aromatic carboxylic acids is 1. The lowest BCUT2D eigenvalue weighted by Gasteiger charge is -2.23. The molecule has 6 amide bonds. The smallest absolute Gasteiger partial charge is 0.337 e. The number of esters is 1. The van der Waals surface area contributed by atoms with Crippen LogP contribution in [0.25, 0.3) is 43.4 Å². The third kappa shape index (κ3) is 16.7. The van der Waals surface area contributed by atoms with Gasteiger partial charge in [-0.2, -0.15) is 0 Å². The number of nitrogens with one attached hydrogen (secondary N) is 6. The first-order valence-electron chi connectivity index (χ1n) is 28.4. The number of aliphatic hydroxyl groups excluding tert-OH is 1. The Kier molecular flexibility index (Phi) is 21.6. The van der Waals surface area contributed by atoms with Gasteiger partial charge in [0.25, 0.3) is 23.6 Å². The van der Waals surface area contributed by atoms with Crippen molar-refractivity contribution in [2.75, 3.05) is 20.1 Å². The monoisotopic (exact) mass is 1410 g/mol. The fraction of sp³-hybridized carbons (Fsp3) is 0.300. The summed E-state index contributed by atoms with van der Waals surface area (Å²) in [5.41, 5.74) is 1.83. The van der Waals surface area contributed by atoms with Crippen molar-refractivity contribution >= 4 is 137 Å². The van der Waals surface area contributed by atoms with Gasteiger partial charge in [-0.15, -0.1) is 68.0 Å². The maximum Gasteiger partial charge on any atom is 0.337 e. The fourth-order valence-corrected chi connectivity index (χ4v) is 16.9. The molecule has 482 valence electrons. The van der Waals surface area contributed by atoms with E-state index < -0.39 is 83.8 Å². The van der Waals surface area contributed by atoms with Gasteiger partial charge in [0, 0.05) is 62.4 Å². The molecule has 0 saturated carbocycles. The van der Waals surface area contributed by atoms with Gasteiger partial charge in [0.1, 0.15) is 92.7 Å². The molecule has 1 aromatic carbocycles. The van der Waals surface area contributed by atoms with Crippen molar-refractivity contribution in [1.82, 2.24) is 71.8 Å². The summed E-state index contributed by atoms with van der Waals surface area (Å²) in [6.45, 7) is 10.1. The van der Waals surface area contributed by atoms with Gasteiger partial charge in [-0.25, -0.2) is 44.7 Å². The molecule has 4 unspecified atom stereocenters. The number of carbonyl (C=O) groups excluding carboxylic acids is 7. The van der Waals surface area contributed by atoms with Crippen molar-refractivity contribution in [2.24, 2.45) is 5.92 Å². The van der Waals surface area contributed by atoms with Crippen LogP contribution in [0.2, 0.25) is 0 Å². The summed E-state index contributed by atoms with van der Waals surface area (Å²) < 4.78 is 5.37. The second-order valence-electron chi connectivity index (χ2n) is 21.9. The van der Waals surface area contributed by atoms with Crippen LogP contribution in [0.15, 0.2) is 87.3 Å². The molecule has 8 aromatic heterocycles. The van der Waals surface area contributed by atoms with E-state index in [1.165, 1.54) is 74.9 Å². The van der Waals surface area contributed by atoms with Gasteiger partial charge in [-0.05, 0) is 74.2 Å². The number of nitrogens with zero attached hydrogens (tertiary/aromatic N) is 8. The normalized spacial score (nSPS) is 15.9. The molecule has 0 saturated heterocycles. The highest BCUT2D eigenvalue weighted by Crippen LogP contribution is 2.41. The number of carboxylic acid groups (broad SMARTS) is 1. The molecule has 93 heavy (non-hydrogen) atoms. The maximum absolute atomic E-state index is 14.5. The lowest BCUT2D eigenvalue weighted by molar-refractivity contribution is -0.154. The molecule has 10 bridgehead atoms. The molecule has 25 nitrogen and oxygen atoms in total. The van der Waals surface area contributed by atoms with Crippen LogP contribution in [0, 0.1) is 12.8 Å². The summed E-state index contributed by atoms with van der Waals surface area (Å²) in [5, 5.41) is 47.6. The minimum atomic E-state index is -1.32. The standard InChI is InChI=1S/C60H58N14O11S8/c1-27(2)43-58-74-46(38(92-58)26-90-93-41-16-13-30(20-63-41)59(83)84)51(81)64-21-40(76)71-47(48(78)29-11-9-8-10-12-29)57-70-37(25-89-57)55-67-34(22-87-55)45-31(14-15-32(65-45)54-69-35(23-88-54)49(79)62-18-17-42(77)85-60(4,5)6)53-68-36(24-86-53)50(80)66-33(19-39(75)61-7)56-73-44(28(3)91-56)52(82)72-43/h8-16,20,22-25,27,33,43,47-48,78H,17-19,21,26H2,1-7H3,(H,61,75)(H,62,79)(H,64,81)(H,66,80)(H,71,76)(H,72,82)(H,83,84). The number of hydrogen-bond acceptors (Lipinski definition) is 26. The molecule has 0 aliphatic carbocycles. The molecule has 0 spiro atoms. The summed E-state index contributed by atoms with van der Waals surface area (Å²) in [7, 11) is 4.00. The average Bonchev–Trinajstić information content (AvgIpc) is 1.81. The van der Waals surface area contributed by atoms with Gasteiger partial charge in [0.05, 0.1) is 42.7 Å². The SMILES string of the molecule is CNC(=O)CC1NC(=O)c2csc(n2)-c2ccc(-c3nc(C(=O)NCCC(=O)OC(C)(C)C)cs3)nc2-c2csc(n2)-c2csc(n2)C(C(O)c2ccccc2)NC(=O)CNC(=O)c2nc(sc2CSSc2ccc(C(=O)O)cn2)C(C(C)C)NC(=O)c2nc1sc2C. The first-order valence-corrected chi connectivity index (χ1v) is 35.9. The van der Waals surface area contributed by atoms with Crippen LogP contribution < -0.4 is 31.9 Å². The van der Waals surface area contributed by atoms with Crippen LogP contribution in [0.3, 0.4) is 0 Å². The van der Waals surface area contributed by atoms with Gasteiger partial charge in [0.2, 0.25) is 11.8 Å². The number of aromatic nitrogens is 8. The van der Waals surface area contributed by atoms with Crippen LogP contribution in [0.5, 0.6) is 0 Å². The average molecular weight is 1410 g/mol. The zero-order valence-electron chi connectivity index (χ0n) is 50.4. The van der Waals surface area contributed by atoms with Crippen molar-refractivity contribution in [2.45, 2.75) is 95.0 Å². The van der Waals surface area contributed by atoms with E-state index in [4.69, 9.17) is 34.6 Å². The number of aliphatic hydroxyl groups is 1. The number of amides is 6. The van der Waals surface area contributed by atoms with Gasteiger partial charge < -0.3 is 46.9 Å². The Morgan fingerprint density at radius 1 is 0.720 bits per heavy atom. The third-order valence-corrected chi connectivity index (χ3v) is 21.7. The minimum Gasteiger partial charge on any atom is -0.478 e. The highest BCUT2D eigenvalue weighted by Gasteiger charge is 2.33. The molecule has 1 aliphatic heterocycles. The second-order valence-corrected chi connectivity index (χ2v) is 30.0.